The van der Waals surface area contributed by atoms with Gasteiger partial charge in [0.25, 0.3) is 0 Å². The highest BCUT2D eigenvalue weighted by atomic mass is 16.6. The zero-order valence-electron chi connectivity index (χ0n) is 9.66. The van der Waals surface area contributed by atoms with Crippen molar-refractivity contribution in [3.8, 4) is 0 Å². The molecular formula is C11H20O4. The standard InChI is InChI=1S/C11H20O4/c1-11(2,3)15-10(13)7-14-9-5-4-8(12)6-9/h8-9,12H,4-7H2,1-3H3. The van der Waals surface area contributed by atoms with Gasteiger partial charge in [0.2, 0.25) is 0 Å². The Labute approximate surface area is 90.6 Å². The summed E-state index contributed by atoms with van der Waals surface area (Å²) in [7, 11) is 0. The molecule has 0 aliphatic heterocycles. The minimum absolute atomic E-state index is 0.00696. The van der Waals surface area contributed by atoms with Gasteiger partial charge in [-0.2, -0.15) is 0 Å². The van der Waals surface area contributed by atoms with Crippen molar-refractivity contribution >= 4 is 5.97 Å². The number of aliphatic hydroxyl groups excluding tert-OH is 1. The number of rotatable bonds is 3. The molecule has 0 radical (unpaired) electrons. The minimum atomic E-state index is -0.463. The summed E-state index contributed by atoms with van der Waals surface area (Å²) in [6, 6.07) is 0. The largest absolute Gasteiger partial charge is 0.458 e. The molecule has 1 aliphatic rings. The average molecular weight is 216 g/mol. The molecule has 0 aromatic heterocycles. The predicted octanol–water partition coefficient (Wildman–Crippen LogP) is 1.26. The molecule has 1 fully saturated rings. The van der Waals surface area contributed by atoms with Crippen LogP contribution in [0.5, 0.6) is 0 Å². The van der Waals surface area contributed by atoms with Crippen molar-refractivity contribution < 1.29 is 19.4 Å². The normalized spacial score (nSPS) is 26.7. The van der Waals surface area contributed by atoms with E-state index in [-0.39, 0.29) is 24.8 Å². The fourth-order valence-corrected chi connectivity index (χ4v) is 1.63. The van der Waals surface area contributed by atoms with E-state index in [1.165, 1.54) is 0 Å². The van der Waals surface area contributed by atoms with Gasteiger partial charge in [0, 0.05) is 0 Å². The molecule has 2 unspecified atom stereocenters. The lowest BCUT2D eigenvalue weighted by molar-refractivity contribution is -0.162. The van der Waals surface area contributed by atoms with E-state index in [2.05, 4.69) is 0 Å². The highest BCUT2D eigenvalue weighted by molar-refractivity contribution is 5.71. The molecule has 1 rings (SSSR count). The summed E-state index contributed by atoms with van der Waals surface area (Å²) < 4.78 is 10.4. The summed E-state index contributed by atoms with van der Waals surface area (Å²) in [6.07, 6.45) is 1.95. The third-order valence-corrected chi connectivity index (χ3v) is 2.21. The van der Waals surface area contributed by atoms with Gasteiger partial charge in [-0.25, -0.2) is 4.79 Å². The molecule has 1 saturated carbocycles. The van der Waals surface area contributed by atoms with Crippen LogP contribution in [0, 0.1) is 0 Å². The van der Waals surface area contributed by atoms with Crippen LogP contribution in [0.3, 0.4) is 0 Å². The van der Waals surface area contributed by atoms with E-state index in [1.54, 1.807) is 0 Å². The van der Waals surface area contributed by atoms with Crippen molar-refractivity contribution in [2.75, 3.05) is 6.61 Å². The Morgan fingerprint density at radius 2 is 2.07 bits per heavy atom. The van der Waals surface area contributed by atoms with E-state index in [9.17, 15) is 9.90 Å². The summed E-state index contributed by atoms with van der Waals surface area (Å²) in [5.41, 5.74) is -0.463. The molecule has 4 heteroatoms. The summed E-state index contributed by atoms with van der Waals surface area (Å²) in [5.74, 6) is -0.344. The molecule has 1 N–H and O–H groups in total. The lowest BCUT2D eigenvalue weighted by Crippen LogP contribution is -2.28. The van der Waals surface area contributed by atoms with Crippen LogP contribution in [0.1, 0.15) is 40.0 Å². The monoisotopic (exact) mass is 216 g/mol. The van der Waals surface area contributed by atoms with Crippen molar-refractivity contribution in [2.45, 2.75) is 57.8 Å². The van der Waals surface area contributed by atoms with E-state index in [4.69, 9.17) is 9.47 Å². The van der Waals surface area contributed by atoms with Crippen LogP contribution in [0.15, 0.2) is 0 Å². The van der Waals surface area contributed by atoms with Crippen LogP contribution in [0.4, 0.5) is 0 Å². The Morgan fingerprint density at radius 3 is 2.53 bits per heavy atom. The van der Waals surface area contributed by atoms with Gasteiger partial charge in [0.1, 0.15) is 12.2 Å². The van der Waals surface area contributed by atoms with Gasteiger partial charge in [-0.1, -0.05) is 0 Å². The van der Waals surface area contributed by atoms with Crippen molar-refractivity contribution in [3.63, 3.8) is 0 Å². The Balaban J connectivity index is 2.17. The van der Waals surface area contributed by atoms with Crippen LogP contribution in [0.25, 0.3) is 0 Å². The predicted molar refractivity (Wildman–Crippen MR) is 55.4 cm³/mol. The van der Waals surface area contributed by atoms with Gasteiger partial charge in [-0.15, -0.1) is 0 Å². The number of ether oxygens (including phenoxy) is 2. The molecule has 4 nitrogen and oxygen atoms in total. The first-order chi connectivity index (χ1) is 6.87. The molecule has 1 aliphatic carbocycles. The zero-order valence-corrected chi connectivity index (χ0v) is 9.66. The summed E-state index contributed by atoms with van der Waals surface area (Å²) in [4.78, 5) is 11.3. The van der Waals surface area contributed by atoms with Gasteiger partial charge in [-0.05, 0) is 40.0 Å². The minimum Gasteiger partial charge on any atom is -0.458 e. The average Bonchev–Trinajstić information content (AvgIpc) is 2.45. The highest BCUT2D eigenvalue weighted by Gasteiger charge is 2.25. The lowest BCUT2D eigenvalue weighted by Gasteiger charge is -2.20. The molecule has 0 spiro atoms. The fraction of sp³-hybridized carbons (Fsp3) is 0.909. The highest BCUT2D eigenvalue weighted by Crippen LogP contribution is 2.21. The van der Waals surface area contributed by atoms with Crippen molar-refractivity contribution in [2.24, 2.45) is 0 Å². The molecule has 0 saturated heterocycles. The molecule has 0 bridgehead atoms. The van der Waals surface area contributed by atoms with Crippen LogP contribution in [-0.4, -0.2) is 35.5 Å². The SMILES string of the molecule is CC(C)(C)OC(=O)COC1CCC(O)C1. The zero-order chi connectivity index (χ0) is 11.5. The van der Waals surface area contributed by atoms with Crippen molar-refractivity contribution in [1.82, 2.24) is 0 Å². The second kappa shape index (κ2) is 4.94. The summed E-state index contributed by atoms with van der Waals surface area (Å²) >= 11 is 0. The molecule has 0 heterocycles. The van der Waals surface area contributed by atoms with E-state index in [1.807, 2.05) is 20.8 Å². The van der Waals surface area contributed by atoms with E-state index >= 15 is 0 Å². The van der Waals surface area contributed by atoms with E-state index in [0.29, 0.717) is 6.42 Å². The van der Waals surface area contributed by atoms with Gasteiger partial charge >= 0.3 is 5.97 Å². The molecule has 88 valence electrons. The Morgan fingerprint density at radius 1 is 1.40 bits per heavy atom. The van der Waals surface area contributed by atoms with Crippen LogP contribution in [0.2, 0.25) is 0 Å². The van der Waals surface area contributed by atoms with Crippen LogP contribution < -0.4 is 0 Å². The second-order valence-electron chi connectivity index (χ2n) is 4.99. The first kappa shape index (κ1) is 12.5. The number of esters is 1. The topological polar surface area (TPSA) is 55.8 Å². The summed E-state index contributed by atoms with van der Waals surface area (Å²) in [6.45, 7) is 5.45. The van der Waals surface area contributed by atoms with E-state index < -0.39 is 5.60 Å². The number of carbonyl (C=O) groups is 1. The molecule has 2 atom stereocenters. The van der Waals surface area contributed by atoms with Crippen LogP contribution in [-0.2, 0) is 14.3 Å². The fourth-order valence-electron chi connectivity index (χ4n) is 1.63. The molecule has 15 heavy (non-hydrogen) atoms. The quantitative estimate of drug-likeness (QED) is 0.721. The number of hydrogen-bond acceptors (Lipinski definition) is 4. The van der Waals surface area contributed by atoms with Gasteiger partial charge in [0.15, 0.2) is 0 Å². The Bertz CT molecular complexity index is 219. The first-order valence-electron chi connectivity index (χ1n) is 5.38. The number of aliphatic hydroxyl groups is 1. The third-order valence-electron chi connectivity index (χ3n) is 2.21. The van der Waals surface area contributed by atoms with Crippen LogP contribution >= 0.6 is 0 Å². The second-order valence-corrected chi connectivity index (χ2v) is 4.99. The smallest absolute Gasteiger partial charge is 0.332 e. The van der Waals surface area contributed by atoms with Gasteiger partial charge in [0.05, 0.1) is 12.2 Å². The molecule has 0 aromatic rings. The van der Waals surface area contributed by atoms with Crippen molar-refractivity contribution in [1.29, 1.82) is 0 Å². The van der Waals surface area contributed by atoms with E-state index in [0.717, 1.165) is 12.8 Å². The maximum absolute atomic E-state index is 11.3. The lowest BCUT2D eigenvalue weighted by atomic mass is 10.2. The molecular weight excluding hydrogens is 196 g/mol. The van der Waals surface area contributed by atoms with Gasteiger partial charge in [-0.3, -0.25) is 0 Å². The number of carbonyl (C=O) groups excluding carboxylic acids is 1. The number of hydrogen-bond donors (Lipinski definition) is 1. The Hall–Kier alpha value is -0.610. The summed E-state index contributed by atoms with van der Waals surface area (Å²) in [5, 5.41) is 9.26. The first-order valence-corrected chi connectivity index (χ1v) is 5.38. The molecule has 0 amide bonds. The molecule has 0 aromatic carbocycles. The maximum atomic E-state index is 11.3. The van der Waals surface area contributed by atoms with Crippen molar-refractivity contribution in [3.05, 3.63) is 0 Å². The maximum Gasteiger partial charge on any atom is 0.332 e. The van der Waals surface area contributed by atoms with Gasteiger partial charge < -0.3 is 14.6 Å². The third kappa shape index (κ3) is 5.14. The Kier molecular flexibility index (Phi) is 4.11.